The summed E-state index contributed by atoms with van der Waals surface area (Å²) in [5, 5.41) is 17.0. The number of hydrogen-bond acceptors (Lipinski definition) is 2. The Morgan fingerprint density at radius 3 is 2.57 bits per heavy atom. The van der Waals surface area contributed by atoms with Crippen LogP contribution in [0.4, 0.5) is 0 Å². The molecule has 3 rings (SSSR count). The first-order valence-corrected chi connectivity index (χ1v) is 7.25. The predicted molar refractivity (Wildman–Crippen MR) is 85.4 cm³/mol. The van der Waals surface area contributed by atoms with E-state index in [-0.39, 0.29) is 0 Å². The molecule has 0 saturated heterocycles. The molecule has 1 unspecified atom stereocenters. The average Bonchev–Trinajstić information content (AvgIpc) is 2.76. The third kappa shape index (κ3) is 2.55. The zero-order valence-corrected chi connectivity index (χ0v) is 12.8. The van der Waals surface area contributed by atoms with E-state index in [1.165, 1.54) is 0 Å². The van der Waals surface area contributed by atoms with Gasteiger partial charge in [-0.25, -0.2) is 0 Å². The maximum atomic E-state index is 10.9. The Morgan fingerprint density at radius 1 is 1.14 bits per heavy atom. The number of hydrogen-bond donors (Lipinski definition) is 1. The van der Waals surface area contributed by atoms with Crippen molar-refractivity contribution in [3.8, 4) is 0 Å². The summed E-state index contributed by atoms with van der Waals surface area (Å²) in [6.45, 7) is 1.78. The maximum Gasteiger partial charge on any atom is 0.0939 e. The lowest BCUT2D eigenvalue weighted by Gasteiger charge is -2.24. The summed E-state index contributed by atoms with van der Waals surface area (Å²) in [6, 6.07) is 15.4. The van der Waals surface area contributed by atoms with Gasteiger partial charge in [0.2, 0.25) is 0 Å². The van der Waals surface area contributed by atoms with Gasteiger partial charge in [0.1, 0.15) is 0 Å². The van der Waals surface area contributed by atoms with Crippen LogP contribution in [0.5, 0.6) is 0 Å². The van der Waals surface area contributed by atoms with Crippen LogP contribution in [0.1, 0.15) is 18.2 Å². The van der Waals surface area contributed by atoms with E-state index >= 15 is 0 Å². The molecule has 3 aromatic rings. The highest BCUT2D eigenvalue weighted by atomic mass is 35.5. The van der Waals surface area contributed by atoms with Crippen LogP contribution in [0.15, 0.2) is 48.5 Å². The van der Waals surface area contributed by atoms with Gasteiger partial charge in [-0.2, -0.15) is 5.10 Å². The molecule has 4 heteroatoms. The van der Waals surface area contributed by atoms with Crippen LogP contribution in [-0.4, -0.2) is 14.9 Å². The van der Waals surface area contributed by atoms with Crippen LogP contribution in [0.2, 0.25) is 5.02 Å². The van der Waals surface area contributed by atoms with E-state index in [9.17, 15) is 5.11 Å². The SMILES string of the molecule is Cn1nc(CC(C)(O)c2ccccc2Cl)c2ccccc21. The third-order valence-corrected chi connectivity index (χ3v) is 4.13. The van der Waals surface area contributed by atoms with Gasteiger partial charge in [0.25, 0.3) is 0 Å². The van der Waals surface area contributed by atoms with Crippen LogP contribution in [0.3, 0.4) is 0 Å². The molecule has 0 saturated carbocycles. The molecule has 1 N–H and O–H groups in total. The van der Waals surface area contributed by atoms with E-state index in [1.54, 1.807) is 13.0 Å². The molecule has 0 amide bonds. The summed E-state index contributed by atoms with van der Waals surface area (Å²) < 4.78 is 1.84. The summed E-state index contributed by atoms with van der Waals surface area (Å²) in [4.78, 5) is 0. The van der Waals surface area contributed by atoms with E-state index in [0.29, 0.717) is 11.4 Å². The van der Waals surface area contributed by atoms with Gasteiger partial charge in [-0.05, 0) is 19.1 Å². The highest BCUT2D eigenvalue weighted by molar-refractivity contribution is 6.31. The highest BCUT2D eigenvalue weighted by Gasteiger charge is 2.28. The number of nitrogens with zero attached hydrogens (tertiary/aromatic N) is 2. The monoisotopic (exact) mass is 300 g/mol. The van der Waals surface area contributed by atoms with E-state index in [1.807, 2.05) is 54.2 Å². The van der Waals surface area contributed by atoms with E-state index in [4.69, 9.17) is 11.6 Å². The van der Waals surface area contributed by atoms with Crippen molar-refractivity contribution in [2.75, 3.05) is 0 Å². The van der Waals surface area contributed by atoms with Gasteiger partial charge in [-0.1, -0.05) is 48.0 Å². The van der Waals surface area contributed by atoms with E-state index in [2.05, 4.69) is 5.10 Å². The molecule has 108 valence electrons. The fourth-order valence-corrected chi connectivity index (χ4v) is 3.08. The Labute approximate surface area is 128 Å². The lowest BCUT2D eigenvalue weighted by molar-refractivity contribution is 0.0569. The Morgan fingerprint density at radius 2 is 1.81 bits per heavy atom. The summed E-state index contributed by atoms with van der Waals surface area (Å²) in [6.07, 6.45) is 0.415. The van der Waals surface area contributed by atoms with Gasteiger partial charge in [-0.3, -0.25) is 4.68 Å². The number of fused-ring (bicyclic) bond motifs is 1. The summed E-state index contributed by atoms with van der Waals surface area (Å²) in [5.74, 6) is 0. The molecule has 1 atom stereocenters. The van der Waals surface area contributed by atoms with Gasteiger partial charge >= 0.3 is 0 Å². The smallest absolute Gasteiger partial charge is 0.0939 e. The quantitative estimate of drug-likeness (QED) is 0.801. The van der Waals surface area contributed by atoms with Gasteiger partial charge < -0.3 is 5.11 Å². The maximum absolute atomic E-state index is 10.9. The largest absolute Gasteiger partial charge is 0.385 e. The molecule has 0 aliphatic rings. The standard InChI is InChI=1S/C17H17ClN2O/c1-17(21,13-8-4-5-9-14(13)18)11-15-12-7-3-6-10-16(12)20(2)19-15/h3-10,21H,11H2,1-2H3. The van der Waals surface area contributed by atoms with Crippen molar-refractivity contribution in [3.05, 3.63) is 64.8 Å². The van der Waals surface area contributed by atoms with Crippen molar-refractivity contribution in [3.63, 3.8) is 0 Å². The first-order chi connectivity index (χ1) is 9.99. The molecule has 2 aromatic carbocycles. The first kappa shape index (κ1) is 14.1. The molecule has 0 fully saturated rings. The van der Waals surface area contributed by atoms with Crippen molar-refractivity contribution in [2.45, 2.75) is 18.9 Å². The Hall–Kier alpha value is -1.84. The van der Waals surface area contributed by atoms with Crippen LogP contribution in [0.25, 0.3) is 10.9 Å². The predicted octanol–water partition coefficient (Wildman–Crippen LogP) is 3.68. The number of halogens is 1. The fourth-order valence-electron chi connectivity index (χ4n) is 2.74. The topological polar surface area (TPSA) is 38.0 Å². The molecule has 0 aliphatic carbocycles. The van der Waals surface area contributed by atoms with Gasteiger partial charge in [0.05, 0.1) is 16.8 Å². The molecular formula is C17H17ClN2O. The van der Waals surface area contributed by atoms with E-state index in [0.717, 1.165) is 22.2 Å². The molecular weight excluding hydrogens is 284 g/mol. The molecule has 1 heterocycles. The van der Waals surface area contributed by atoms with E-state index < -0.39 is 5.60 Å². The lowest BCUT2D eigenvalue weighted by Crippen LogP contribution is -2.25. The second-order valence-corrected chi connectivity index (χ2v) is 5.93. The first-order valence-electron chi connectivity index (χ1n) is 6.87. The van der Waals surface area contributed by atoms with Crippen LogP contribution < -0.4 is 0 Å². The van der Waals surface area contributed by atoms with Crippen molar-refractivity contribution in [2.24, 2.45) is 7.05 Å². The van der Waals surface area contributed by atoms with Crippen molar-refractivity contribution in [1.29, 1.82) is 0 Å². The third-order valence-electron chi connectivity index (χ3n) is 3.80. The molecule has 0 bridgehead atoms. The number of rotatable bonds is 3. The minimum absolute atomic E-state index is 0.415. The molecule has 21 heavy (non-hydrogen) atoms. The van der Waals surface area contributed by atoms with Crippen molar-refractivity contribution in [1.82, 2.24) is 9.78 Å². The minimum atomic E-state index is -1.06. The van der Waals surface area contributed by atoms with Crippen LogP contribution in [-0.2, 0) is 19.1 Å². The fraction of sp³-hybridized carbons (Fsp3) is 0.235. The van der Waals surface area contributed by atoms with Crippen molar-refractivity contribution < 1.29 is 5.11 Å². The number of aromatic nitrogens is 2. The van der Waals surface area contributed by atoms with Crippen molar-refractivity contribution >= 4 is 22.5 Å². The number of aryl methyl sites for hydroxylation is 1. The second-order valence-electron chi connectivity index (χ2n) is 5.52. The molecule has 3 nitrogen and oxygen atoms in total. The lowest BCUT2D eigenvalue weighted by atomic mass is 9.90. The minimum Gasteiger partial charge on any atom is -0.385 e. The zero-order chi connectivity index (χ0) is 15.0. The number of benzene rings is 2. The summed E-state index contributed by atoms with van der Waals surface area (Å²) in [7, 11) is 1.91. The van der Waals surface area contributed by atoms with Gasteiger partial charge in [0, 0.05) is 29.4 Å². The Balaban J connectivity index is 2.04. The number of aliphatic hydroxyl groups is 1. The Kier molecular flexibility index (Phi) is 3.47. The number of para-hydroxylation sites is 1. The normalized spacial score (nSPS) is 14.3. The van der Waals surface area contributed by atoms with Gasteiger partial charge in [0.15, 0.2) is 0 Å². The second kappa shape index (κ2) is 5.17. The molecule has 1 aromatic heterocycles. The Bertz CT molecular complexity index is 792. The molecule has 0 radical (unpaired) electrons. The average molecular weight is 301 g/mol. The summed E-state index contributed by atoms with van der Waals surface area (Å²) in [5.41, 5.74) is 1.59. The highest BCUT2D eigenvalue weighted by Crippen LogP contribution is 2.32. The van der Waals surface area contributed by atoms with Gasteiger partial charge in [-0.15, -0.1) is 0 Å². The van der Waals surface area contributed by atoms with Crippen LogP contribution in [0, 0.1) is 0 Å². The molecule has 0 aliphatic heterocycles. The molecule has 0 spiro atoms. The zero-order valence-electron chi connectivity index (χ0n) is 12.0. The summed E-state index contributed by atoms with van der Waals surface area (Å²) >= 11 is 6.21. The van der Waals surface area contributed by atoms with Crippen LogP contribution >= 0.6 is 11.6 Å².